The number of hydrogen-bond donors (Lipinski definition) is 0. The largest absolute Gasteiger partial charge is 0.469 e. The number of rotatable bonds is 10. The zero-order chi connectivity index (χ0) is 22.1. The van der Waals surface area contributed by atoms with Gasteiger partial charge in [-0.1, -0.05) is 30.3 Å². The Bertz CT molecular complexity index is 686. The Morgan fingerprint density at radius 1 is 1.00 bits per heavy atom. The molecule has 1 aliphatic heterocycles. The molecule has 0 aromatic heterocycles. The second-order valence-corrected chi connectivity index (χ2v) is 8.36. The molecule has 1 heterocycles. The van der Waals surface area contributed by atoms with Crippen LogP contribution in [0.1, 0.15) is 44.1 Å². The normalized spacial score (nSPS) is 28.3. The molecule has 1 aromatic rings. The fourth-order valence-electron chi connectivity index (χ4n) is 4.69. The monoisotopic (exact) mass is 434 g/mol. The Morgan fingerprint density at radius 3 is 2.42 bits per heavy atom. The van der Waals surface area contributed by atoms with Crippen molar-refractivity contribution in [2.75, 3.05) is 27.4 Å². The van der Waals surface area contributed by atoms with Gasteiger partial charge in [-0.2, -0.15) is 0 Å². The number of benzene rings is 1. The lowest BCUT2D eigenvalue weighted by molar-refractivity contribution is -0.199. The van der Waals surface area contributed by atoms with Crippen LogP contribution in [0.15, 0.2) is 30.3 Å². The molecule has 3 unspecified atom stereocenters. The zero-order valence-electron chi connectivity index (χ0n) is 18.5. The standard InChI is InChI=1S/C24H34O7/c1-27-22(25)13-18-12-21(31-24-10-6-7-11-30-24)20(19(18)14-23(26)28-2)16-29-15-17-8-4-3-5-9-17/h3-5,8-9,18-21,24H,6-7,10-16H2,1-2H3/t18?,19?,20-,21-,24?/m1/s1. The van der Waals surface area contributed by atoms with E-state index in [1.54, 1.807) is 0 Å². The predicted octanol–water partition coefficient (Wildman–Crippen LogP) is 3.49. The fourth-order valence-corrected chi connectivity index (χ4v) is 4.69. The van der Waals surface area contributed by atoms with Crippen LogP contribution in [0.3, 0.4) is 0 Å². The van der Waals surface area contributed by atoms with Gasteiger partial charge in [0, 0.05) is 25.4 Å². The van der Waals surface area contributed by atoms with Crippen LogP contribution in [0.5, 0.6) is 0 Å². The molecule has 1 saturated heterocycles. The summed E-state index contributed by atoms with van der Waals surface area (Å²) in [5.41, 5.74) is 1.09. The average Bonchev–Trinajstić information content (AvgIpc) is 3.10. The topological polar surface area (TPSA) is 80.3 Å². The number of ether oxygens (including phenoxy) is 5. The molecule has 0 radical (unpaired) electrons. The van der Waals surface area contributed by atoms with Gasteiger partial charge in [0.1, 0.15) is 0 Å². The minimum Gasteiger partial charge on any atom is -0.469 e. The quantitative estimate of drug-likeness (QED) is 0.522. The third-order valence-corrected chi connectivity index (χ3v) is 6.34. The highest BCUT2D eigenvalue weighted by Crippen LogP contribution is 2.44. The lowest BCUT2D eigenvalue weighted by atomic mass is 9.85. The Labute approximate surface area is 184 Å². The van der Waals surface area contributed by atoms with Gasteiger partial charge in [-0.3, -0.25) is 9.59 Å². The Morgan fingerprint density at radius 2 is 1.74 bits per heavy atom. The molecule has 0 amide bonds. The molecular formula is C24H34O7. The van der Waals surface area contributed by atoms with Gasteiger partial charge in [-0.05, 0) is 43.1 Å². The van der Waals surface area contributed by atoms with Crippen molar-refractivity contribution in [3.05, 3.63) is 35.9 Å². The van der Waals surface area contributed by atoms with Gasteiger partial charge in [-0.15, -0.1) is 0 Å². The molecule has 172 valence electrons. The first-order valence-electron chi connectivity index (χ1n) is 11.1. The summed E-state index contributed by atoms with van der Waals surface area (Å²) in [6.45, 7) is 1.62. The van der Waals surface area contributed by atoms with Crippen molar-refractivity contribution in [3.8, 4) is 0 Å². The van der Waals surface area contributed by atoms with Crippen LogP contribution in [0.25, 0.3) is 0 Å². The van der Waals surface area contributed by atoms with Crippen LogP contribution in [0.4, 0.5) is 0 Å². The van der Waals surface area contributed by atoms with Crippen LogP contribution in [-0.2, 0) is 39.9 Å². The summed E-state index contributed by atoms with van der Waals surface area (Å²) in [5, 5.41) is 0. The van der Waals surface area contributed by atoms with Crippen molar-refractivity contribution in [3.63, 3.8) is 0 Å². The molecule has 2 fully saturated rings. The van der Waals surface area contributed by atoms with E-state index in [-0.39, 0.29) is 54.9 Å². The molecule has 7 heteroatoms. The first-order valence-corrected chi connectivity index (χ1v) is 11.1. The maximum atomic E-state index is 12.2. The van der Waals surface area contributed by atoms with E-state index in [1.807, 2.05) is 30.3 Å². The smallest absolute Gasteiger partial charge is 0.305 e. The molecule has 0 N–H and O–H groups in total. The molecule has 2 aliphatic rings. The van der Waals surface area contributed by atoms with Gasteiger partial charge in [-0.25, -0.2) is 0 Å². The first kappa shape index (κ1) is 23.7. The molecule has 0 spiro atoms. The highest BCUT2D eigenvalue weighted by molar-refractivity contribution is 5.71. The molecule has 7 nitrogen and oxygen atoms in total. The second-order valence-electron chi connectivity index (χ2n) is 8.36. The van der Waals surface area contributed by atoms with Gasteiger partial charge in [0.05, 0.1) is 33.5 Å². The maximum Gasteiger partial charge on any atom is 0.305 e. The van der Waals surface area contributed by atoms with E-state index in [1.165, 1.54) is 14.2 Å². The molecule has 1 saturated carbocycles. The highest BCUT2D eigenvalue weighted by Gasteiger charge is 2.46. The van der Waals surface area contributed by atoms with Gasteiger partial charge in [0.2, 0.25) is 0 Å². The minimum atomic E-state index is -0.289. The zero-order valence-corrected chi connectivity index (χ0v) is 18.5. The van der Waals surface area contributed by atoms with E-state index >= 15 is 0 Å². The molecule has 31 heavy (non-hydrogen) atoms. The van der Waals surface area contributed by atoms with E-state index in [4.69, 9.17) is 23.7 Å². The summed E-state index contributed by atoms with van der Waals surface area (Å²) in [4.78, 5) is 24.2. The molecule has 1 aromatic carbocycles. The van der Waals surface area contributed by atoms with Crippen LogP contribution >= 0.6 is 0 Å². The van der Waals surface area contributed by atoms with Crippen molar-refractivity contribution in [2.24, 2.45) is 17.8 Å². The number of methoxy groups -OCH3 is 2. The van der Waals surface area contributed by atoms with Crippen LogP contribution in [0.2, 0.25) is 0 Å². The summed E-state index contributed by atoms with van der Waals surface area (Å²) >= 11 is 0. The Kier molecular flexibility index (Phi) is 9.31. The average molecular weight is 435 g/mol. The van der Waals surface area contributed by atoms with Crippen LogP contribution < -0.4 is 0 Å². The van der Waals surface area contributed by atoms with Crippen molar-refractivity contribution in [1.29, 1.82) is 0 Å². The number of hydrogen-bond acceptors (Lipinski definition) is 7. The lowest BCUT2D eigenvalue weighted by Gasteiger charge is -2.30. The van der Waals surface area contributed by atoms with E-state index < -0.39 is 0 Å². The lowest BCUT2D eigenvalue weighted by Crippen LogP contribution is -2.34. The molecule has 0 bridgehead atoms. The van der Waals surface area contributed by atoms with Gasteiger partial charge in [0.15, 0.2) is 6.29 Å². The van der Waals surface area contributed by atoms with E-state index in [2.05, 4.69) is 0 Å². The van der Waals surface area contributed by atoms with Crippen LogP contribution in [0, 0.1) is 17.8 Å². The minimum absolute atomic E-state index is 0.0366. The summed E-state index contributed by atoms with van der Waals surface area (Å²) in [6, 6.07) is 9.97. The SMILES string of the molecule is COC(=O)CC1C[C@@H](OC2CCCCO2)[C@H](COCc2ccccc2)C1CC(=O)OC. The molecular weight excluding hydrogens is 400 g/mol. The first-order chi connectivity index (χ1) is 15.1. The van der Waals surface area contributed by atoms with E-state index in [9.17, 15) is 9.59 Å². The van der Waals surface area contributed by atoms with Gasteiger partial charge in [0.25, 0.3) is 0 Å². The Hall–Kier alpha value is -1.96. The van der Waals surface area contributed by atoms with E-state index in [0.717, 1.165) is 24.8 Å². The van der Waals surface area contributed by atoms with E-state index in [0.29, 0.717) is 26.2 Å². The summed E-state index contributed by atoms with van der Waals surface area (Å²) in [7, 11) is 2.77. The highest BCUT2D eigenvalue weighted by atomic mass is 16.7. The number of carbonyl (C=O) groups is 2. The van der Waals surface area contributed by atoms with Gasteiger partial charge < -0.3 is 23.7 Å². The maximum absolute atomic E-state index is 12.2. The van der Waals surface area contributed by atoms with Crippen molar-refractivity contribution in [1.82, 2.24) is 0 Å². The molecule has 5 atom stereocenters. The summed E-state index contributed by atoms with van der Waals surface area (Å²) < 4.78 is 28.0. The van der Waals surface area contributed by atoms with Crippen molar-refractivity contribution < 1.29 is 33.3 Å². The number of carbonyl (C=O) groups excluding carboxylic acids is 2. The molecule has 3 rings (SSSR count). The Balaban J connectivity index is 1.72. The fraction of sp³-hybridized carbons (Fsp3) is 0.667. The second kappa shape index (κ2) is 12.2. The van der Waals surface area contributed by atoms with Crippen LogP contribution in [-0.4, -0.2) is 51.8 Å². The number of esters is 2. The predicted molar refractivity (Wildman–Crippen MR) is 113 cm³/mol. The van der Waals surface area contributed by atoms with Crippen molar-refractivity contribution >= 4 is 11.9 Å². The van der Waals surface area contributed by atoms with Crippen molar-refractivity contribution in [2.45, 2.75) is 57.5 Å². The van der Waals surface area contributed by atoms with Gasteiger partial charge >= 0.3 is 11.9 Å². The summed E-state index contributed by atoms with van der Waals surface area (Å²) in [6.07, 6.45) is 3.72. The summed E-state index contributed by atoms with van der Waals surface area (Å²) in [5.74, 6) is -0.731. The third-order valence-electron chi connectivity index (χ3n) is 6.34. The third kappa shape index (κ3) is 7.02. The molecule has 1 aliphatic carbocycles.